The van der Waals surface area contributed by atoms with Crippen LogP contribution in [0, 0.1) is 0 Å². The van der Waals surface area contributed by atoms with Gasteiger partial charge in [0.25, 0.3) is 0 Å². The van der Waals surface area contributed by atoms with Crippen molar-refractivity contribution in [2.45, 2.75) is 31.8 Å². The summed E-state index contributed by atoms with van der Waals surface area (Å²) in [5, 5.41) is 0. The van der Waals surface area contributed by atoms with Gasteiger partial charge in [-0.05, 0) is 19.4 Å². The second-order valence-corrected chi connectivity index (χ2v) is 3.92. The molecule has 82 valence electrons. The third kappa shape index (κ3) is 2.36. The third-order valence-electron chi connectivity index (χ3n) is 2.85. The molecule has 1 atom stereocenters. The molecule has 1 saturated heterocycles. The van der Waals surface area contributed by atoms with Crippen molar-refractivity contribution < 1.29 is 4.79 Å². The molecule has 1 fully saturated rings. The number of nitrogens with two attached hydrogens (primary N) is 1. The summed E-state index contributed by atoms with van der Waals surface area (Å²) in [5.41, 5.74) is 5.38. The van der Waals surface area contributed by atoms with Crippen LogP contribution in [0.3, 0.4) is 0 Å². The summed E-state index contributed by atoms with van der Waals surface area (Å²) in [7, 11) is 0. The number of amides is 1. The molecular formula is C10H16N4O. The van der Waals surface area contributed by atoms with Crippen LogP contribution in [-0.2, 0) is 11.3 Å². The standard InChI is InChI=1S/C10H16N4O/c11-10(15)8-3-1-2-6-14(8)7-9-12-4-5-13-9/h4-5,8H,1-3,6-7H2,(H2,11,15)(H,12,13). The predicted octanol–water partition coefficient (Wildman–Crippen LogP) is 0.249. The van der Waals surface area contributed by atoms with Crippen molar-refractivity contribution >= 4 is 5.91 Å². The minimum absolute atomic E-state index is 0.121. The van der Waals surface area contributed by atoms with Crippen LogP contribution in [0.1, 0.15) is 25.1 Å². The lowest BCUT2D eigenvalue weighted by atomic mass is 10.0. The normalized spacial score (nSPS) is 22.8. The van der Waals surface area contributed by atoms with E-state index in [0.717, 1.165) is 31.6 Å². The molecule has 0 aliphatic carbocycles. The number of H-pyrrole nitrogens is 1. The number of rotatable bonds is 3. The Morgan fingerprint density at radius 2 is 2.53 bits per heavy atom. The SMILES string of the molecule is NC(=O)C1CCCCN1Cc1ncc[nH]1. The van der Waals surface area contributed by atoms with E-state index in [4.69, 9.17) is 5.73 Å². The summed E-state index contributed by atoms with van der Waals surface area (Å²) in [6.07, 6.45) is 6.60. The van der Waals surface area contributed by atoms with Crippen molar-refractivity contribution in [2.75, 3.05) is 6.54 Å². The molecule has 0 radical (unpaired) electrons. The number of nitrogens with one attached hydrogen (secondary N) is 1. The van der Waals surface area contributed by atoms with Crippen molar-refractivity contribution in [2.24, 2.45) is 5.73 Å². The zero-order valence-corrected chi connectivity index (χ0v) is 8.65. The van der Waals surface area contributed by atoms with Crippen molar-refractivity contribution in [1.82, 2.24) is 14.9 Å². The average molecular weight is 208 g/mol. The molecule has 1 aromatic rings. The average Bonchev–Trinajstić information content (AvgIpc) is 2.71. The summed E-state index contributed by atoms with van der Waals surface area (Å²) < 4.78 is 0. The Hall–Kier alpha value is -1.36. The van der Waals surface area contributed by atoms with Crippen LogP contribution in [0.4, 0.5) is 0 Å². The lowest BCUT2D eigenvalue weighted by Gasteiger charge is -2.32. The molecule has 15 heavy (non-hydrogen) atoms. The molecule has 1 amide bonds. The first-order valence-electron chi connectivity index (χ1n) is 5.29. The van der Waals surface area contributed by atoms with Crippen molar-refractivity contribution in [1.29, 1.82) is 0 Å². The molecule has 5 heteroatoms. The summed E-state index contributed by atoms with van der Waals surface area (Å²) in [4.78, 5) is 20.5. The van der Waals surface area contributed by atoms with Crippen LogP contribution in [0.2, 0.25) is 0 Å². The number of hydrogen-bond acceptors (Lipinski definition) is 3. The first kappa shape index (κ1) is 10.2. The Kier molecular flexibility index (Phi) is 3.01. The highest BCUT2D eigenvalue weighted by Crippen LogP contribution is 2.18. The highest BCUT2D eigenvalue weighted by atomic mass is 16.1. The lowest BCUT2D eigenvalue weighted by Crippen LogP contribution is -2.47. The third-order valence-corrected chi connectivity index (χ3v) is 2.85. The van der Waals surface area contributed by atoms with Gasteiger partial charge in [0.1, 0.15) is 5.82 Å². The number of primary amides is 1. The summed E-state index contributed by atoms with van der Waals surface area (Å²) >= 11 is 0. The van der Waals surface area contributed by atoms with Gasteiger partial charge in [-0.3, -0.25) is 9.69 Å². The van der Waals surface area contributed by atoms with E-state index in [2.05, 4.69) is 14.9 Å². The zero-order valence-electron chi connectivity index (χ0n) is 8.65. The number of hydrogen-bond donors (Lipinski definition) is 2. The number of carbonyl (C=O) groups excluding carboxylic acids is 1. The van der Waals surface area contributed by atoms with Crippen LogP contribution in [0.15, 0.2) is 12.4 Å². The highest BCUT2D eigenvalue weighted by Gasteiger charge is 2.27. The van der Waals surface area contributed by atoms with Crippen LogP contribution in [-0.4, -0.2) is 33.4 Å². The molecular weight excluding hydrogens is 192 g/mol. The maximum atomic E-state index is 11.2. The molecule has 5 nitrogen and oxygen atoms in total. The second-order valence-electron chi connectivity index (χ2n) is 3.92. The molecule has 1 aliphatic heterocycles. The predicted molar refractivity (Wildman–Crippen MR) is 55.8 cm³/mol. The largest absolute Gasteiger partial charge is 0.368 e. The monoisotopic (exact) mass is 208 g/mol. The Balaban J connectivity index is 2.02. The number of nitrogens with zero attached hydrogens (tertiary/aromatic N) is 2. The second kappa shape index (κ2) is 4.44. The van der Waals surface area contributed by atoms with Gasteiger partial charge in [0.05, 0.1) is 12.6 Å². The first-order chi connectivity index (χ1) is 7.27. The fourth-order valence-electron chi connectivity index (χ4n) is 2.08. The van der Waals surface area contributed by atoms with Gasteiger partial charge in [-0.25, -0.2) is 4.98 Å². The Morgan fingerprint density at radius 3 is 3.20 bits per heavy atom. The van der Waals surface area contributed by atoms with Gasteiger partial charge in [-0.1, -0.05) is 6.42 Å². The molecule has 0 spiro atoms. The molecule has 2 rings (SSSR count). The number of piperidine rings is 1. The molecule has 3 N–H and O–H groups in total. The molecule has 1 aliphatic rings. The maximum absolute atomic E-state index is 11.2. The fourth-order valence-corrected chi connectivity index (χ4v) is 2.08. The molecule has 1 unspecified atom stereocenters. The molecule has 0 saturated carbocycles. The number of likely N-dealkylation sites (tertiary alicyclic amines) is 1. The van der Waals surface area contributed by atoms with Crippen LogP contribution < -0.4 is 5.73 Å². The number of imidazole rings is 1. The van der Waals surface area contributed by atoms with Crippen LogP contribution in [0.25, 0.3) is 0 Å². The van der Waals surface area contributed by atoms with Crippen molar-refractivity contribution in [3.8, 4) is 0 Å². The van der Waals surface area contributed by atoms with Gasteiger partial charge in [-0.15, -0.1) is 0 Å². The van der Waals surface area contributed by atoms with Gasteiger partial charge in [-0.2, -0.15) is 0 Å². The van der Waals surface area contributed by atoms with E-state index < -0.39 is 0 Å². The van der Waals surface area contributed by atoms with Crippen LogP contribution >= 0.6 is 0 Å². The minimum atomic E-state index is -0.221. The van der Waals surface area contributed by atoms with Gasteiger partial charge in [0, 0.05) is 12.4 Å². The van der Waals surface area contributed by atoms with Gasteiger partial charge < -0.3 is 10.7 Å². The summed E-state index contributed by atoms with van der Waals surface area (Å²) in [6, 6.07) is -0.121. The maximum Gasteiger partial charge on any atom is 0.234 e. The summed E-state index contributed by atoms with van der Waals surface area (Å²) in [5.74, 6) is 0.671. The minimum Gasteiger partial charge on any atom is -0.368 e. The van der Waals surface area contributed by atoms with Crippen molar-refractivity contribution in [3.05, 3.63) is 18.2 Å². The topological polar surface area (TPSA) is 75.0 Å². The van der Waals surface area contributed by atoms with E-state index in [1.165, 1.54) is 0 Å². The molecule has 0 aromatic carbocycles. The van der Waals surface area contributed by atoms with Crippen molar-refractivity contribution in [3.63, 3.8) is 0 Å². The van der Waals surface area contributed by atoms with Gasteiger partial charge in [0.15, 0.2) is 0 Å². The van der Waals surface area contributed by atoms with E-state index in [-0.39, 0.29) is 11.9 Å². The van der Waals surface area contributed by atoms with E-state index >= 15 is 0 Å². The van der Waals surface area contributed by atoms with E-state index in [1.807, 2.05) is 0 Å². The Bertz CT molecular complexity index is 322. The number of carbonyl (C=O) groups is 1. The molecule has 0 bridgehead atoms. The first-order valence-corrected chi connectivity index (χ1v) is 5.29. The highest BCUT2D eigenvalue weighted by molar-refractivity contribution is 5.79. The van der Waals surface area contributed by atoms with E-state index in [1.54, 1.807) is 12.4 Å². The van der Waals surface area contributed by atoms with E-state index in [0.29, 0.717) is 6.54 Å². The quantitative estimate of drug-likeness (QED) is 0.747. The summed E-state index contributed by atoms with van der Waals surface area (Å²) in [6.45, 7) is 1.61. The number of aromatic nitrogens is 2. The van der Waals surface area contributed by atoms with Crippen LogP contribution in [0.5, 0.6) is 0 Å². The molecule has 1 aromatic heterocycles. The zero-order chi connectivity index (χ0) is 10.7. The fraction of sp³-hybridized carbons (Fsp3) is 0.600. The van der Waals surface area contributed by atoms with Gasteiger partial charge in [0.2, 0.25) is 5.91 Å². The van der Waals surface area contributed by atoms with Gasteiger partial charge >= 0.3 is 0 Å². The number of aromatic amines is 1. The smallest absolute Gasteiger partial charge is 0.234 e. The Morgan fingerprint density at radius 1 is 1.67 bits per heavy atom. The Labute approximate surface area is 88.7 Å². The molecule has 2 heterocycles. The lowest BCUT2D eigenvalue weighted by molar-refractivity contribution is -0.124. The van der Waals surface area contributed by atoms with E-state index in [9.17, 15) is 4.79 Å².